The van der Waals surface area contributed by atoms with E-state index in [2.05, 4.69) is 39.9 Å². The third kappa shape index (κ3) is 2.21. The second kappa shape index (κ2) is 4.87. The first-order valence-corrected chi connectivity index (χ1v) is 6.19. The van der Waals surface area contributed by atoms with Crippen molar-refractivity contribution in [2.45, 2.75) is 32.2 Å². The Labute approximate surface area is 97.7 Å². The van der Waals surface area contributed by atoms with Crippen LogP contribution in [0.25, 0.3) is 0 Å². The molecule has 0 spiro atoms. The van der Waals surface area contributed by atoms with Gasteiger partial charge in [-0.25, -0.2) is 4.98 Å². The number of rotatable bonds is 3. The lowest BCUT2D eigenvalue weighted by molar-refractivity contribution is 0.443. The highest BCUT2D eigenvalue weighted by Crippen LogP contribution is 2.19. The molecule has 16 heavy (non-hydrogen) atoms. The maximum atomic E-state index is 4.68. The minimum Gasteiger partial charge on any atom is -0.341 e. The zero-order valence-electron chi connectivity index (χ0n) is 10.5. The monoisotopic (exact) mass is 222 g/mol. The number of aromatic nitrogens is 2. The number of likely N-dealkylation sites (N-methyl/N-ethyl adjacent to an activating group) is 1. The minimum atomic E-state index is 0.607. The van der Waals surface area contributed by atoms with E-state index in [1.165, 1.54) is 18.5 Å². The number of nitrogens with one attached hydrogen (secondary N) is 1. The van der Waals surface area contributed by atoms with Crippen LogP contribution in [0.5, 0.6) is 0 Å². The molecule has 0 amide bonds. The van der Waals surface area contributed by atoms with Crippen LogP contribution in [0, 0.1) is 0 Å². The molecule has 2 rings (SSSR count). The van der Waals surface area contributed by atoms with E-state index in [1.807, 2.05) is 7.05 Å². The standard InChI is InChI=1S/C12H22N4/c1-4-10-8-15(3)12(14-10)16-7-5-6-11(9-16)13-2/h8,11,13H,4-7,9H2,1-3H3. The van der Waals surface area contributed by atoms with Crippen LogP contribution in [-0.4, -0.2) is 35.7 Å². The Bertz CT molecular complexity index is 345. The molecule has 90 valence electrons. The molecule has 1 aromatic rings. The van der Waals surface area contributed by atoms with Crippen molar-refractivity contribution in [2.24, 2.45) is 7.05 Å². The fraction of sp³-hybridized carbons (Fsp3) is 0.750. The highest BCUT2D eigenvalue weighted by molar-refractivity contribution is 5.34. The maximum Gasteiger partial charge on any atom is 0.205 e. The van der Waals surface area contributed by atoms with E-state index in [1.54, 1.807) is 0 Å². The summed E-state index contributed by atoms with van der Waals surface area (Å²) in [6, 6.07) is 0.607. The molecule has 1 N–H and O–H groups in total. The van der Waals surface area contributed by atoms with Gasteiger partial charge in [0.05, 0.1) is 5.69 Å². The van der Waals surface area contributed by atoms with Gasteiger partial charge < -0.3 is 14.8 Å². The van der Waals surface area contributed by atoms with Crippen LogP contribution in [0.15, 0.2) is 6.20 Å². The molecular weight excluding hydrogens is 200 g/mol. The Morgan fingerprint density at radius 3 is 3.00 bits per heavy atom. The predicted octanol–water partition coefficient (Wildman–Crippen LogP) is 1.17. The molecule has 1 aliphatic heterocycles. The summed E-state index contributed by atoms with van der Waals surface area (Å²) in [5, 5.41) is 3.37. The summed E-state index contributed by atoms with van der Waals surface area (Å²) >= 11 is 0. The molecule has 1 aromatic heterocycles. The Balaban J connectivity index is 2.13. The normalized spacial score (nSPS) is 21.4. The fourth-order valence-corrected chi connectivity index (χ4v) is 2.38. The largest absolute Gasteiger partial charge is 0.341 e. The number of anilines is 1. The van der Waals surface area contributed by atoms with Crippen LogP contribution in [0.2, 0.25) is 0 Å². The average Bonchev–Trinajstić information content (AvgIpc) is 2.71. The molecule has 1 unspecified atom stereocenters. The third-order valence-electron chi connectivity index (χ3n) is 3.38. The van der Waals surface area contributed by atoms with Crippen molar-refractivity contribution in [3.05, 3.63) is 11.9 Å². The second-order valence-corrected chi connectivity index (χ2v) is 4.57. The van der Waals surface area contributed by atoms with Crippen molar-refractivity contribution in [2.75, 3.05) is 25.0 Å². The topological polar surface area (TPSA) is 33.1 Å². The molecule has 0 saturated carbocycles. The molecule has 0 aliphatic carbocycles. The zero-order chi connectivity index (χ0) is 11.5. The summed E-state index contributed by atoms with van der Waals surface area (Å²) in [5.74, 6) is 1.12. The number of hydrogen-bond acceptors (Lipinski definition) is 3. The summed E-state index contributed by atoms with van der Waals surface area (Å²) in [6.45, 7) is 4.36. The molecule has 4 nitrogen and oxygen atoms in total. The molecular formula is C12H22N4. The molecule has 1 aliphatic rings. The molecule has 0 bridgehead atoms. The van der Waals surface area contributed by atoms with Crippen molar-refractivity contribution in [3.63, 3.8) is 0 Å². The van der Waals surface area contributed by atoms with Gasteiger partial charge in [-0.2, -0.15) is 0 Å². The second-order valence-electron chi connectivity index (χ2n) is 4.57. The minimum absolute atomic E-state index is 0.607. The first-order chi connectivity index (χ1) is 7.74. The number of hydrogen-bond donors (Lipinski definition) is 1. The lowest BCUT2D eigenvalue weighted by atomic mass is 10.1. The van der Waals surface area contributed by atoms with Gasteiger partial charge in [0.1, 0.15) is 0 Å². The van der Waals surface area contributed by atoms with Crippen LogP contribution >= 0.6 is 0 Å². The average molecular weight is 222 g/mol. The molecule has 4 heteroatoms. The van der Waals surface area contributed by atoms with Crippen molar-refractivity contribution in [1.29, 1.82) is 0 Å². The van der Waals surface area contributed by atoms with Crippen molar-refractivity contribution in [3.8, 4) is 0 Å². The molecule has 0 radical (unpaired) electrons. The van der Waals surface area contributed by atoms with Gasteiger partial charge in [-0.05, 0) is 26.3 Å². The van der Waals surface area contributed by atoms with E-state index < -0.39 is 0 Å². The van der Waals surface area contributed by atoms with Crippen molar-refractivity contribution >= 4 is 5.95 Å². The molecule has 1 fully saturated rings. The van der Waals surface area contributed by atoms with Gasteiger partial charge in [0.25, 0.3) is 0 Å². The molecule has 0 aromatic carbocycles. The van der Waals surface area contributed by atoms with Gasteiger partial charge in [0.15, 0.2) is 0 Å². The van der Waals surface area contributed by atoms with Gasteiger partial charge in [-0.15, -0.1) is 0 Å². The Hall–Kier alpha value is -1.03. The van der Waals surface area contributed by atoms with Crippen LogP contribution in [0.1, 0.15) is 25.5 Å². The first kappa shape index (κ1) is 11.5. The van der Waals surface area contributed by atoms with Crippen LogP contribution in [0.3, 0.4) is 0 Å². The Morgan fingerprint density at radius 2 is 2.38 bits per heavy atom. The van der Waals surface area contributed by atoms with Crippen LogP contribution in [-0.2, 0) is 13.5 Å². The summed E-state index contributed by atoms with van der Waals surface area (Å²) in [4.78, 5) is 7.07. The van der Waals surface area contributed by atoms with Crippen molar-refractivity contribution < 1.29 is 0 Å². The smallest absolute Gasteiger partial charge is 0.205 e. The lowest BCUT2D eigenvalue weighted by Crippen LogP contribution is -2.45. The highest BCUT2D eigenvalue weighted by Gasteiger charge is 2.21. The van der Waals surface area contributed by atoms with Crippen LogP contribution < -0.4 is 10.2 Å². The van der Waals surface area contributed by atoms with Gasteiger partial charge in [-0.1, -0.05) is 6.92 Å². The van der Waals surface area contributed by atoms with E-state index in [-0.39, 0.29) is 0 Å². The number of imidazole rings is 1. The summed E-state index contributed by atoms with van der Waals surface area (Å²) in [5.41, 5.74) is 1.18. The number of aryl methyl sites for hydroxylation is 2. The fourth-order valence-electron chi connectivity index (χ4n) is 2.38. The first-order valence-electron chi connectivity index (χ1n) is 6.19. The van der Waals surface area contributed by atoms with Gasteiger partial charge in [-0.3, -0.25) is 0 Å². The number of nitrogens with zero attached hydrogens (tertiary/aromatic N) is 3. The van der Waals surface area contributed by atoms with Gasteiger partial charge >= 0.3 is 0 Å². The van der Waals surface area contributed by atoms with E-state index in [9.17, 15) is 0 Å². The van der Waals surface area contributed by atoms with E-state index >= 15 is 0 Å². The summed E-state index contributed by atoms with van der Waals surface area (Å²) in [6.07, 6.45) is 5.67. The van der Waals surface area contributed by atoms with Gasteiger partial charge in [0.2, 0.25) is 5.95 Å². The van der Waals surface area contributed by atoms with E-state index in [0.717, 1.165) is 25.5 Å². The van der Waals surface area contributed by atoms with E-state index in [0.29, 0.717) is 6.04 Å². The quantitative estimate of drug-likeness (QED) is 0.833. The van der Waals surface area contributed by atoms with Crippen LogP contribution in [0.4, 0.5) is 5.95 Å². The Morgan fingerprint density at radius 1 is 1.56 bits per heavy atom. The third-order valence-corrected chi connectivity index (χ3v) is 3.38. The number of piperidine rings is 1. The molecule has 1 saturated heterocycles. The highest BCUT2D eigenvalue weighted by atomic mass is 15.3. The Kier molecular flexibility index (Phi) is 3.49. The maximum absolute atomic E-state index is 4.68. The molecule has 2 heterocycles. The predicted molar refractivity (Wildman–Crippen MR) is 66.9 cm³/mol. The SMILES string of the molecule is CCc1cn(C)c(N2CCCC(NC)C2)n1. The van der Waals surface area contributed by atoms with Gasteiger partial charge in [0, 0.05) is 32.4 Å². The lowest BCUT2D eigenvalue weighted by Gasteiger charge is -2.33. The molecule has 1 atom stereocenters. The summed E-state index contributed by atoms with van der Waals surface area (Å²) < 4.78 is 2.15. The zero-order valence-corrected chi connectivity index (χ0v) is 10.5. The summed E-state index contributed by atoms with van der Waals surface area (Å²) in [7, 11) is 4.13. The van der Waals surface area contributed by atoms with E-state index in [4.69, 9.17) is 0 Å². The van der Waals surface area contributed by atoms with Crippen molar-refractivity contribution in [1.82, 2.24) is 14.9 Å².